The first-order chi connectivity index (χ1) is 16.7. The van der Waals surface area contributed by atoms with Crippen LogP contribution >= 0.6 is 11.8 Å². The number of fused-ring (bicyclic) bond motifs is 3. The third-order valence-electron chi connectivity index (χ3n) is 5.54. The molecule has 0 unspecified atom stereocenters. The number of nitrogens with zero attached hydrogens (tertiary/aromatic N) is 2. The van der Waals surface area contributed by atoms with Gasteiger partial charge in [0.05, 0.1) is 19.9 Å². The fourth-order valence-electron chi connectivity index (χ4n) is 3.90. The van der Waals surface area contributed by atoms with E-state index in [4.69, 9.17) is 14.5 Å². The molecule has 0 spiro atoms. The normalized spacial score (nSPS) is 11.5. The quantitative estimate of drug-likeness (QED) is 0.245. The maximum Gasteiger partial charge on any atom is 0.283 e. The average molecular weight is 470 g/mol. The van der Waals surface area contributed by atoms with Gasteiger partial charge >= 0.3 is 0 Å². The molecule has 34 heavy (non-hydrogen) atoms. The minimum Gasteiger partial charge on any atom is -0.493 e. The number of hydrogen-bond acceptors (Lipinski definition) is 5. The summed E-state index contributed by atoms with van der Waals surface area (Å²) >= 11 is 1.50. The number of ether oxygens (including phenoxy) is 2. The topological polar surface area (TPSA) is 69.1 Å². The number of methoxy groups -OCH3 is 2. The smallest absolute Gasteiger partial charge is 0.283 e. The van der Waals surface area contributed by atoms with Crippen molar-refractivity contribution in [2.75, 3.05) is 20.0 Å². The molecular weight excluding hydrogens is 446 g/mol. The second kappa shape index (κ2) is 9.49. The van der Waals surface area contributed by atoms with Gasteiger partial charge in [-0.15, -0.1) is 0 Å². The van der Waals surface area contributed by atoms with Gasteiger partial charge in [0.15, 0.2) is 16.7 Å². The minimum atomic E-state index is -0.164. The number of rotatable bonds is 7. The molecule has 0 atom stereocenters. The van der Waals surface area contributed by atoms with E-state index in [1.54, 1.807) is 30.9 Å². The van der Waals surface area contributed by atoms with Gasteiger partial charge in [0.1, 0.15) is 11.0 Å². The summed E-state index contributed by atoms with van der Waals surface area (Å²) in [5.41, 5.74) is 3.65. The summed E-state index contributed by atoms with van der Waals surface area (Å²) in [6.45, 7) is 0. The van der Waals surface area contributed by atoms with E-state index in [0.717, 1.165) is 16.5 Å². The van der Waals surface area contributed by atoms with E-state index in [0.29, 0.717) is 39.1 Å². The Morgan fingerprint density at radius 2 is 1.74 bits per heavy atom. The summed E-state index contributed by atoms with van der Waals surface area (Å²) in [4.78, 5) is 21.9. The Morgan fingerprint density at radius 1 is 0.971 bits per heavy atom. The fourth-order valence-corrected chi connectivity index (χ4v) is 4.72. The molecule has 1 N–H and O–H groups in total. The number of aromatic amines is 1. The van der Waals surface area contributed by atoms with Gasteiger partial charge in [0.25, 0.3) is 5.56 Å². The van der Waals surface area contributed by atoms with E-state index < -0.39 is 0 Å². The number of thioether (sulfide) groups is 1. The Hall–Kier alpha value is -3.97. The van der Waals surface area contributed by atoms with Crippen LogP contribution in [-0.2, 0) is 0 Å². The van der Waals surface area contributed by atoms with Crippen LogP contribution in [0.2, 0.25) is 0 Å². The van der Waals surface area contributed by atoms with E-state index in [-0.39, 0.29) is 5.56 Å². The zero-order chi connectivity index (χ0) is 23.5. The molecule has 0 aliphatic carbocycles. The van der Waals surface area contributed by atoms with E-state index in [1.807, 2.05) is 48.5 Å². The Labute approximate surface area is 200 Å². The van der Waals surface area contributed by atoms with E-state index >= 15 is 0 Å². The first kappa shape index (κ1) is 21.9. The van der Waals surface area contributed by atoms with Crippen LogP contribution in [0.3, 0.4) is 0 Å². The van der Waals surface area contributed by atoms with Crippen molar-refractivity contribution in [1.82, 2.24) is 14.5 Å². The van der Waals surface area contributed by atoms with Gasteiger partial charge < -0.3 is 14.5 Å². The van der Waals surface area contributed by atoms with Gasteiger partial charge in [0.2, 0.25) is 0 Å². The van der Waals surface area contributed by atoms with Crippen molar-refractivity contribution in [1.29, 1.82) is 0 Å². The molecule has 0 aliphatic heterocycles. The zero-order valence-electron chi connectivity index (χ0n) is 18.8. The number of aromatic nitrogens is 3. The van der Waals surface area contributed by atoms with Crippen LogP contribution in [-0.4, -0.2) is 34.5 Å². The molecule has 0 amide bonds. The predicted octanol–water partition coefficient (Wildman–Crippen LogP) is 5.69. The zero-order valence-corrected chi connectivity index (χ0v) is 19.6. The summed E-state index contributed by atoms with van der Waals surface area (Å²) in [6, 6.07) is 23.4. The molecule has 0 bridgehead atoms. The minimum absolute atomic E-state index is 0.164. The van der Waals surface area contributed by atoms with E-state index in [9.17, 15) is 4.79 Å². The van der Waals surface area contributed by atoms with Crippen molar-refractivity contribution in [3.05, 3.63) is 94.8 Å². The third-order valence-corrected chi connectivity index (χ3v) is 6.43. The van der Waals surface area contributed by atoms with Gasteiger partial charge in [0, 0.05) is 22.7 Å². The van der Waals surface area contributed by atoms with Crippen molar-refractivity contribution >= 4 is 39.8 Å². The SMILES string of the molecule is COc1ccc(-n2c(SC/C=C/c3ccccc3)nc3c([nH]c4ccccc43)c2=O)cc1OC. The largest absolute Gasteiger partial charge is 0.493 e. The highest BCUT2D eigenvalue weighted by Crippen LogP contribution is 2.31. The molecule has 5 rings (SSSR count). The van der Waals surface area contributed by atoms with Crippen LogP contribution in [0, 0.1) is 0 Å². The third kappa shape index (κ3) is 4.06. The Bertz CT molecular complexity index is 1550. The van der Waals surface area contributed by atoms with Gasteiger partial charge in [-0.25, -0.2) is 4.98 Å². The second-order valence-corrected chi connectivity index (χ2v) is 8.58. The molecule has 0 fully saturated rings. The second-order valence-electron chi connectivity index (χ2n) is 7.59. The maximum atomic E-state index is 13.7. The Kier molecular flexibility index (Phi) is 6.10. The molecule has 6 nitrogen and oxygen atoms in total. The molecule has 0 radical (unpaired) electrons. The number of hydrogen-bond donors (Lipinski definition) is 1. The van der Waals surface area contributed by atoms with Crippen molar-refractivity contribution in [3.63, 3.8) is 0 Å². The lowest BCUT2D eigenvalue weighted by atomic mass is 10.2. The number of benzene rings is 3. The van der Waals surface area contributed by atoms with Crippen molar-refractivity contribution in [3.8, 4) is 17.2 Å². The van der Waals surface area contributed by atoms with Gasteiger partial charge in [-0.2, -0.15) is 0 Å². The summed E-state index contributed by atoms with van der Waals surface area (Å²) in [6.07, 6.45) is 4.14. The summed E-state index contributed by atoms with van der Waals surface area (Å²) in [5.74, 6) is 1.80. The van der Waals surface area contributed by atoms with Crippen LogP contribution in [0.15, 0.2) is 88.8 Å². The summed E-state index contributed by atoms with van der Waals surface area (Å²) in [5, 5.41) is 1.53. The Balaban J connectivity index is 1.63. The number of para-hydroxylation sites is 1. The van der Waals surface area contributed by atoms with Crippen molar-refractivity contribution < 1.29 is 9.47 Å². The highest BCUT2D eigenvalue weighted by Gasteiger charge is 2.18. The average Bonchev–Trinajstić information content (AvgIpc) is 3.26. The van der Waals surface area contributed by atoms with E-state index in [2.05, 4.69) is 29.3 Å². The molecule has 7 heteroatoms. The predicted molar refractivity (Wildman–Crippen MR) is 139 cm³/mol. The molecule has 0 saturated heterocycles. The van der Waals surface area contributed by atoms with Crippen molar-refractivity contribution in [2.24, 2.45) is 0 Å². The first-order valence-corrected chi connectivity index (χ1v) is 11.8. The molecule has 2 aromatic heterocycles. The maximum absolute atomic E-state index is 13.7. The van der Waals surface area contributed by atoms with Gasteiger partial charge in [-0.1, -0.05) is 72.4 Å². The standard InChI is InChI=1S/C27H23N3O3S/c1-32-22-15-14-19(17-23(22)33-2)30-26(31)25-24(20-12-6-7-13-21(20)28-25)29-27(30)34-16-8-11-18-9-4-3-5-10-18/h3-15,17,28H,16H2,1-2H3/b11-8+. The highest BCUT2D eigenvalue weighted by atomic mass is 32.2. The monoisotopic (exact) mass is 469 g/mol. The molecule has 2 heterocycles. The van der Waals surface area contributed by atoms with Crippen molar-refractivity contribution in [2.45, 2.75) is 5.16 Å². The molecule has 170 valence electrons. The highest BCUT2D eigenvalue weighted by molar-refractivity contribution is 7.99. The molecule has 0 aliphatic rings. The summed E-state index contributed by atoms with van der Waals surface area (Å²) < 4.78 is 12.5. The molecule has 3 aromatic carbocycles. The number of H-pyrrole nitrogens is 1. The number of nitrogens with one attached hydrogen (secondary N) is 1. The first-order valence-electron chi connectivity index (χ1n) is 10.8. The lowest BCUT2D eigenvalue weighted by Crippen LogP contribution is -2.22. The van der Waals surface area contributed by atoms with Crippen LogP contribution in [0.1, 0.15) is 5.56 Å². The van der Waals surface area contributed by atoms with Crippen LogP contribution in [0.25, 0.3) is 33.7 Å². The Morgan fingerprint density at radius 3 is 2.53 bits per heavy atom. The van der Waals surface area contributed by atoms with Gasteiger partial charge in [-0.3, -0.25) is 9.36 Å². The van der Waals surface area contributed by atoms with Crippen LogP contribution in [0.4, 0.5) is 0 Å². The fraction of sp³-hybridized carbons (Fsp3) is 0.111. The molecule has 5 aromatic rings. The van der Waals surface area contributed by atoms with Crippen LogP contribution < -0.4 is 15.0 Å². The molecular formula is C27H23N3O3S. The van der Waals surface area contributed by atoms with Crippen LogP contribution in [0.5, 0.6) is 11.5 Å². The van der Waals surface area contributed by atoms with E-state index in [1.165, 1.54) is 11.8 Å². The lowest BCUT2D eigenvalue weighted by molar-refractivity contribution is 0.354. The molecule has 0 saturated carbocycles. The van der Waals surface area contributed by atoms with Gasteiger partial charge in [-0.05, 0) is 23.8 Å². The summed E-state index contributed by atoms with van der Waals surface area (Å²) in [7, 11) is 3.16. The lowest BCUT2D eigenvalue weighted by Gasteiger charge is -2.14.